The average Bonchev–Trinajstić information content (AvgIpc) is 2.91. The number of aromatic nitrogens is 3. The van der Waals surface area contributed by atoms with Crippen molar-refractivity contribution in [2.75, 3.05) is 11.9 Å². The van der Waals surface area contributed by atoms with Crippen LogP contribution in [0, 0.1) is 0 Å². The van der Waals surface area contributed by atoms with Crippen LogP contribution in [0.25, 0.3) is 5.65 Å². The van der Waals surface area contributed by atoms with E-state index in [1.54, 1.807) is 12.3 Å². The number of urea groups is 1. The molecule has 1 N–H and O–H groups in total. The van der Waals surface area contributed by atoms with E-state index < -0.39 is 0 Å². The first-order valence-electron chi connectivity index (χ1n) is 10.4. The molecule has 7 nitrogen and oxygen atoms in total. The second-order valence-corrected chi connectivity index (χ2v) is 7.60. The lowest BCUT2D eigenvalue weighted by atomic mass is 10.1. The van der Waals surface area contributed by atoms with E-state index >= 15 is 0 Å². The molecule has 1 atom stereocenters. The van der Waals surface area contributed by atoms with Crippen LogP contribution in [0.2, 0.25) is 0 Å². The monoisotopic (exact) mass is 393 g/mol. The van der Waals surface area contributed by atoms with Crippen LogP contribution < -0.4 is 11.0 Å². The molecule has 3 aromatic rings. The molecule has 1 unspecified atom stereocenters. The van der Waals surface area contributed by atoms with E-state index in [1.807, 2.05) is 41.3 Å². The van der Waals surface area contributed by atoms with Crippen LogP contribution in [-0.2, 0) is 6.54 Å². The van der Waals surface area contributed by atoms with E-state index in [2.05, 4.69) is 17.3 Å². The molecule has 0 bridgehead atoms. The zero-order valence-electron chi connectivity index (χ0n) is 16.8. The van der Waals surface area contributed by atoms with Gasteiger partial charge in [0, 0.05) is 24.5 Å². The van der Waals surface area contributed by atoms with Crippen molar-refractivity contribution in [1.82, 2.24) is 19.1 Å². The summed E-state index contributed by atoms with van der Waals surface area (Å²) in [6.45, 7) is 3.30. The molecule has 3 heterocycles. The third-order valence-electron chi connectivity index (χ3n) is 5.61. The van der Waals surface area contributed by atoms with E-state index in [0.717, 1.165) is 37.1 Å². The molecule has 1 aliphatic heterocycles. The number of carbonyl (C=O) groups excluding carboxylic acids is 1. The Labute approximate surface area is 170 Å². The number of nitrogens with one attached hydrogen (secondary N) is 1. The van der Waals surface area contributed by atoms with Crippen molar-refractivity contribution in [3.63, 3.8) is 0 Å². The summed E-state index contributed by atoms with van der Waals surface area (Å²) in [5.74, 6) is 0. The van der Waals surface area contributed by atoms with Crippen LogP contribution >= 0.6 is 0 Å². The maximum absolute atomic E-state index is 12.9. The van der Waals surface area contributed by atoms with E-state index in [0.29, 0.717) is 18.2 Å². The molecule has 0 radical (unpaired) electrons. The fourth-order valence-corrected chi connectivity index (χ4v) is 4.06. The number of pyridine rings is 1. The van der Waals surface area contributed by atoms with Crippen molar-refractivity contribution >= 4 is 17.4 Å². The molecule has 0 spiro atoms. The highest BCUT2D eigenvalue weighted by Crippen LogP contribution is 2.21. The quantitative estimate of drug-likeness (QED) is 0.734. The van der Waals surface area contributed by atoms with Gasteiger partial charge in [-0.25, -0.2) is 14.3 Å². The van der Waals surface area contributed by atoms with Gasteiger partial charge < -0.3 is 10.2 Å². The molecular formula is C22H27N5O2. The third kappa shape index (κ3) is 4.18. The summed E-state index contributed by atoms with van der Waals surface area (Å²) in [5, 5.41) is 7.42. The molecule has 1 fully saturated rings. The van der Waals surface area contributed by atoms with Gasteiger partial charge in [0.1, 0.15) is 0 Å². The minimum absolute atomic E-state index is 0.0409. The van der Waals surface area contributed by atoms with Gasteiger partial charge in [0.2, 0.25) is 0 Å². The highest BCUT2D eigenvalue weighted by molar-refractivity contribution is 5.89. The lowest BCUT2D eigenvalue weighted by Gasteiger charge is -2.29. The van der Waals surface area contributed by atoms with Crippen LogP contribution in [-0.4, -0.2) is 37.7 Å². The Hall–Kier alpha value is -3.09. The fraction of sp³-hybridized carbons (Fsp3) is 0.409. The van der Waals surface area contributed by atoms with Crippen molar-refractivity contribution < 1.29 is 4.79 Å². The second-order valence-electron chi connectivity index (χ2n) is 7.60. The van der Waals surface area contributed by atoms with Crippen molar-refractivity contribution in [1.29, 1.82) is 0 Å². The number of amides is 2. The Kier molecular flexibility index (Phi) is 5.64. The van der Waals surface area contributed by atoms with E-state index in [-0.39, 0.29) is 11.7 Å². The predicted molar refractivity (Wildman–Crippen MR) is 113 cm³/mol. The molecule has 1 aromatic carbocycles. The van der Waals surface area contributed by atoms with Crippen LogP contribution in [0.4, 0.5) is 10.5 Å². The first kappa shape index (κ1) is 19.2. The van der Waals surface area contributed by atoms with Crippen LogP contribution in [0.15, 0.2) is 53.5 Å². The zero-order valence-corrected chi connectivity index (χ0v) is 16.8. The highest BCUT2D eigenvalue weighted by Gasteiger charge is 2.24. The lowest BCUT2D eigenvalue weighted by molar-refractivity contribution is 0.187. The summed E-state index contributed by atoms with van der Waals surface area (Å²) in [6, 6.07) is 13.4. The van der Waals surface area contributed by atoms with Crippen LogP contribution in [0.5, 0.6) is 0 Å². The van der Waals surface area contributed by atoms with Gasteiger partial charge in [0.15, 0.2) is 5.65 Å². The molecule has 1 aliphatic rings. The van der Waals surface area contributed by atoms with Crippen LogP contribution in [0.3, 0.4) is 0 Å². The Morgan fingerprint density at radius 3 is 2.90 bits per heavy atom. The average molecular weight is 393 g/mol. The number of benzene rings is 1. The third-order valence-corrected chi connectivity index (χ3v) is 5.61. The molecule has 29 heavy (non-hydrogen) atoms. The maximum atomic E-state index is 12.9. The van der Waals surface area contributed by atoms with Gasteiger partial charge in [-0.2, -0.15) is 0 Å². The number of hydrogen-bond donors (Lipinski definition) is 1. The van der Waals surface area contributed by atoms with Crippen molar-refractivity contribution in [3.05, 3.63) is 64.7 Å². The van der Waals surface area contributed by atoms with Gasteiger partial charge in [0.25, 0.3) is 0 Å². The van der Waals surface area contributed by atoms with Gasteiger partial charge in [0.05, 0.1) is 6.54 Å². The number of anilines is 1. The molecule has 7 heteroatoms. The number of hydrogen-bond acceptors (Lipinski definition) is 3. The summed E-state index contributed by atoms with van der Waals surface area (Å²) in [6.07, 6.45) is 7.18. The molecular weight excluding hydrogens is 366 g/mol. The Morgan fingerprint density at radius 2 is 2.07 bits per heavy atom. The summed E-state index contributed by atoms with van der Waals surface area (Å²) in [7, 11) is 0. The molecule has 2 amide bonds. The largest absolute Gasteiger partial charge is 0.350 e. The van der Waals surface area contributed by atoms with E-state index in [4.69, 9.17) is 0 Å². The standard InChI is InChI=1S/C22H27N5O2/c1-2-19-11-4-3-6-13-25(19)21(28)23-18-10-8-9-17(15-18)16-27-22(29)26-14-7-5-12-20(26)24-27/h5,7-10,12,14-15,19H,2-4,6,11,13,16H2,1H3,(H,23,28). The number of likely N-dealkylation sites (tertiary alicyclic amines) is 1. The van der Waals surface area contributed by atoms with Crippen molar-refractivity contribution in [2.24, 2.45) is 0 Å². The highest BCUT2D eigenvalue weighted by atomic mass is 16.2. The fourth-order valence-electron chi connectivity index (χ4n) is 4.06. The summed E-state index contributed by atoms with van der Waals surface area (Å²) >= 11 is 0. The minimum Gasteiger partial charge on any atom is -0.322 e. The van der Waals surface area contributed by atoms with Crippen LogP contribution in [0.1, 0.15) is 44.6 Å². The maximum Gasteiger partial charge on any atom is 0.350 e. The molecule has 4 rings (SSSR count). The molecule has 0 saturated carbocycles. The predicted octanol–water partition coefficient (Wildman–Crippen LogP) is 3.73. The second kappa shape index (κ2) is 8.51. The van der Waals surface area contributed by atoms with Gasteiger partial charge in [-0.3, -0.25) is 4.40 Å². The molecule has 152 valence electrons. The summed E-state index contributed by atoms with van der Waals surface area (Å²) in [4.78, 5) is 27.3. The Bertz CT molecular complexity index is 1050. The summed E-state index contributed by atoms with van der Waals surface area (Å²) in [5.41, 5.74) is 2.10. The van der Waals surface area contributed by atoms with Gasteiger partial charge >= 0.3 is 11.7 Å². The number of fused-ring (bicyclic) bond motifs is 1. The molecule has 1 saturated heterocycles. The van der Waals surface area contributed by atoms with Crippen molar-refractivity contribution in [3.8, 4) is 0 Å². The number of nitrogens with zero attached hydrogens (tertiary/aromatic N) is 4. The molecule has 0 aliphatic carbocycles. The van der Waals surface area contributed by atoms with Gasteiger partial charge in [-0.15, -0.1) is 5.10 Å². The Morgan fingerprint density at radius 1 is 1.17 bits per heavy atom. The smallest absolute Gasteiger partial charge is 0.322 e. The summed E-state index contributed by atoms with van der Waals surface area (Å²) < 4.78 is 2.97. The zero-order chi connectivity index (χ0) is 20.2. The minimum atomic E-state index is -0.176. The van der Waals surface area contributed by atoms with E-state index in [9.17, 15) is 9.59 Å². The number of carbonyl (C=O) groups is 1. The van der Waals surface area contributed by atoms with E-state index in [1.165, 1.54) is 21.9 Å². The van der Waals surface area contributed by atoms with Gasteiger partial charge in [-0.05, 0) is 49.1 Å². The normalized spacial score (nSPS) is 17.3. The first-order chi connectivity index (χ1) is 14.2. The van der Waals surface area contributed by atoms with Crippen molar-refractivity contribution in [2.45, 2.75) is 51.6 Å². The lowest BCUT2D eigenvalue weighted by Crippen LogP contribution is -2.42. The first-order valence-corrected chi connectivity index (χ1v) is 10.4. The topological polar surface area (TPSA) is 71.6 Å². The number of rotatable bonds is 4. The molecule has 2 aromatic heterocycles. The Balaban J connectivity index is 1.50. The SMILES string of the molecule is CCC1CCCCCN1C(=O)Nc1cccc(Cn2nc3ccccn3c2=O)c1. The van der Waals surface area contributed by atoms with Gasteiger partial charge in [-0.1, -0.05) is 38.0 Å².